The number of halogens is 1. The van der Waals surface area contributed by atoms with Gasteiger partial charge in [0.25, 0.3) is 0 Å². The summed E-state index contributed by atoms with van der Waals surface area (Å²) in [5.41, 5.74) is 2.87. The fraction of sp³-hybridized carbons (Fsp3) is 0.458. The zero-order valence-corrected chi connectivity index (χ0v) is 18.3. The van der Waals surface area contributed by atoms with Crippen LogP contribution in [0, 0.1) is 11.7 Å². The number of rotatable bonds is 11. The van der Waals surface area contributed by atoms with E-state index in [4.69, 9.17) is 4.74 Å². The van der Waals surface area contributed by atoms with E-state index in [1.807, 2.05) is 12.1 Å². The molecule has 2 aliphatic rings. The van der Waals surface area contributed by atoms with Gasteiger partial charge in [0, 0.05) is 24.5 Å². The van der Waals surface area contributed by atoms with Crippen LogP contribution in [0.2, 0.25) is 0 Å². The second-order valence-electron chi connectivity index (χ2n) is 8.59. The Hall–Kier alpha value is -3.00. The third-order valence-electron chi connectivity index (χ3n) is 5.81. The van der Waals surface area contributed by atoms with E-state index in [0.29, 0.717) is 24.8 Å². The monoisotopic (exact) mass is 440 g/mol. The minimum Gasteiger partial charge on any atom is -0.490 e. The normalized spacial score (nSPS) is 16.9. The molecule has 1 aliphatic heterocycles. The quantitative estimate of drug-likeness (QED) is 0.414. The number of nitrogens with zero attached hydrogens (tertiary/aromatic N) is 2. The van der Waals surface area contributed by atoms with Crippen molar-refractivity contribution in [3.05, 3.63) is 59.2 Å². The van der Waals surface area contributed by atoms with Crippen molar-refractivity contribution < 1.29 is 18.7 Å². The molecular weight excluding hydrogens is 411 g/mol. The molecule has 4 rings (SSSR count). The maximum Gasteiger partial charge on any atom is 0.324 e. The molecule has 0 spiro atoms. The zero-order valence-electron chi connectivity index (χ0n) is 18.3. The molecule has 1 aromatic carbocycles. The molecule has 1 saturated carbocycles. The van der Waals surface area contributed by atoms with E-state index in [2.05, 4.69) is 22.5 Å². The summed E-state index contributed by atoms with van der Waals surface area (Å²) in [4.78, 5) is 28.8. The summed E-state index contributed by atoms with van der Waals surface area (Å²) in [5, 5.41) is 5.74. The summed E-state index contributed by atoms with van der Waals surface area (Å²) in [7, 11) is 0. The van der Waals surface area contributed by atoms with Crippen LogP contribution in [0.4, 0.5) is 9.18 Å². The van der Waals surface area contributed by atoms with Crippen molar-refractivity contribution >= 4 is 11.9 Å². The van der Waals surface area contributed by atoms with Crippen LogP contribution < -0.4 is 15.4 Å². The molecule has 1 atom stereocenters. The summed E-state index contributed by atoms with van der Waals surface area (Å²) in [5.74, 6) is 0.334. The van der Waals surface area contributed by atoms with Gasteiger partial charge in [-0.05, 0) is 74.4 Å². The molecule has 2 fully saturated rings. The van der Waals surface area contributed by atoms with Crippen LogP contribution in [-0.4, -0.2) is 41.5 Å². The van der Waals surface area contributed by atoms with Crippen LogP contribution in [-0.2, 0) is 17.8 Å². The molecule has 2 aromatic rings. The van der Waals surface area contributed by atoms with Gasteiger partial charge in [0.2, 0.25) is 5.91 Å². The van der Waals surface area contributed by atoms with Crippen molar-refractivity contribution in [1.82, 2.24) is 20.5 Å². The number of urea groups is 1. The van der Waals surface area contributed by atoms with Gasteiger partial charge >= 0.3 is 6.03 Å². The number of aromatic nitrogens is 1. The molecule has 32 heavy (non-hydrogen) atoms. The number of amides is 3. The lowest BCUT2D eigenvalue weighted by Crippen LogP contribution is -2.27. The number of carbonyl (C=O) groups excluding carboxylic acids is 2. The number of hydrogen-bond acceptors (Lipinski definition) is 5. The van der Waals surface area contributed by atoms with Crippen LogP contribution in [0.3, 0.4) is 0 Å². The number of ether oxygens (including phenoxy) is 1. The van der Waals surface area contributed by atoms with Crippen molar-refractivity contribution in [1.29, 1.82) is 0 Å². The lowest BCUT2D eigenvalue weighted by atomic mass is 10.1. The second kappa shape index (κ2) is 10.1. The first-order valence-corrected chi connectivity index (χ1v) is 11.2. The van der Waals surface area contributed by atoms with Crippen LogP contribution in [0.15, 0.2) is 36.5 Å². The van der Waals surface area contributed by atoms with E-state index < -0.39 is 0 Å². The predicted molar refractivity (Wildman–Crippen MR) is 118 cm³/mol. The summed E-state index contributed by atoms with van der Waals surface area (Å²) in [6.45, 7) is 3.92. The number of pyridine rings is 1. The summed E-state index contributed by atoms with van der Waals surface area (Å²) >= 11 is 0. The van der Waals surface area contributed by atoms with Crippen molar-refractivity contribution in [2.24, 2.45) is 5.92 Å². The van der Waals surface area contributed by atoms with E-state index in [-0.39, 0.29) is 30.3 Å². The summed E-state index contributed by atoms with van der Waals surface area (Å²) < 4.78 is 19.6. The molecule has 2 N–H and O–H groups in total. The zero-order chi connectivity index (χ0) is 22.5. The average Bonchev–Trinajstić information content (AvgIpc) is 3.55. The predicted octanol–water partition coefficient (Wildman–Crippen LogP) is 3.34. The van der Waals surface area contributed by atoms with Gasteiger partial charge in [-0.3, -0.25) is 15.1 Å². The van der Waals surface area contributed by atoms with Gasteiger partial charge in [-0.1, -0.05) is 12.1 Å². The van der Waals surface area contributed by atoms with Crippen molar-refractivity contribution in [2.75, 3.05) is 19.7 Å². The third kappa shape index (κ3) is 6.03. The Balaban J connectivity index is 1.19. The Kier molecular flexibility index (Phi) is 6.99. The fourth-order valence-electron chi connectivity index (χ4n) is 3.63. The summed E-state index contributed by atoms with van der Waals surface area (Å²) in [6, 6.07) is 8.69. The molecule has 170 valence electrons. The number of nitrogens with one attached hydrogen (secondary N) is 2. The maximum atomic E-state index is 14.0. The Morgan fingerprint density at radius 3 is 2.81 bits per heavy atom. The molecule has 7 nitrogen and oxygen atoms in total. The highest BCUT2D eigenvalue weighted by Crippen LogP contribution is 2.31. The molecule has 0 bridgehead atoms. The summed E-state index contributed by atoms with van der Waals surface area (Å²) in [6.07, 6.45) is 5.83. The van der Waals surface area contributed by atoms with Gasteiger partial charge in [-0.2, -0.15) is 0 Å². The van der Waals surface area contributed by atoms with Gasteiger partial charge in [0.15, 0.2) is 11.6 Å². The smallest absolute Gasteiger partial charge is 0.324 e. The Morgan fingerprint density at radius 1 is 1.28 bits per heavy atom. The molecule has 1 aliphatic carbocycles. The van der Waals surface area contributed by atoms with Crippen molar-refractivity contribution in [2.45, 2.75) is 45.2 Å². The highest BCUT2D eigenvalue weighted by Gasteiger charge is 2.26. The van der Waals surface area contributed by atoms with Gasteiger partial charge in [-0.25, -0.2) is 9.18 Å². The lowest BCUT2D eigenvalue weighted by molar-refractivity contribution is -0.118. The van der Waals surface area contributed by atoms with Crippen LogP contribution in [0.25, 0.3) is 0 Å². The topological polar surface area (TPSA) is 83.6 Å². The maximum absolute atomic E-state index is 14.0. The van der Waals surface area contributed by atoms with Gasteiger partial charge in [0.05, 0.1) is 6.61 Å². The van der Waals surface area contributed by atoms with E-state index >= 15 is 0 Å². The Labute approximate surface area is 187 Å². The first kappa shape index (κ1) is 22.2. The number of benzene rings is 1. The Bertz CT molecular complexity index is 962. The van der Waals surface area contributed by atoms with Gasteiger partial charge in [0.1, 0.15) is 6.54 Å². The van der Waals surface area contributed by atoms with Crippen LogP contribution >= 0.6 is 0 Å². The molecule has 3 amide bonds. The molecular formula is C24H29FN4O3. The van der Waals surface area contributed by atoms with Crippen molar-refractivity contribution in [3.8, 4) is 5.75 Å². The highest BCUT2D eigenvalue weighted by atomic mass is 19.1. The standard InChI is InChI=1S/C24H29FN4O3/c1-16(19-7-9-21(25)22(11-19)32-15-17-4-5-17)26-10-2-3-20-8-6-18(12-27-20)13-29-14-23(30)28-24(29)31/h6-9,11-12,16-17,26H,2-5,10,13-15H2,1H3,(H,28,30,31)/t16-/m1/s1. The van der Waals surface area contributed by atoms with Crippen LogP contribution in [0.5, 0.6) is 5.75 Å². The van der Waals surface area contributed by atoms with Crippen molar-refractivity contribution in [3.63, 3.8) is 0 Å². The Morgan fingerprint density at radius 2 is 2.12 bits per heavy atom. The molecule has 2 heterocycles. The first-order valence-electron chi connectivity index (χ1n) is 11.2. The number of carbonyl (C=O) groups is 2. The minimum atomic E-state index is -0.359. The van der Waals surface area contributed by atoms with E-state index in [9.17, 15) is 14.0 Å². The van der Waals surface area contributed by atoms with Crippen LogP contribution in [0.1, 0.15) is 49.0 Å². The minimum absolute atomic E-state index is 0.0866. The molecule has 8 heteroatoms. The number of aryl methyl sites for hydroxylation is 1. The molecule has 1 saturated heterocycles. The number of imide groups is 1. The first-order chi connectivity index (χ1) is 15.5. The lowest BCUT2D eigenvalue weighted by Gasteiger charge is -2.16. The van der Waals surface area contributed by atoms with E-state index in [1.165, 1.54) is 23.8 Å². The SMILES string of the molecule is C[C@@H](NCCCc1ccc(CN2CC(=O)NC2=O)cn1)c1ccc(F)c(OCC2CC2)c1. The van der Waals surface area contributed by atoms with E-state index in [1.54, 1.807) is 18.3 Å². The molecule has 0 radical (unpaired) electrons. The molecule has 1 aromatic heterocycles. The third-order valence-corrected chi connectivity index (χ3v) is 5.81. The fourth-order valence-corrected chi connectivity index (χ4v) is 3.63. The second-order valence-corrected chi connectivity index (χ2v) is 8.59. The highest BCUT2D eigenvalue weighted by molar-refractivity contribution is 6.01. The number of hydrogen-bond donors (Lipinski definition) is 2. The largest absolute Gasteiger partial charge is 0.490 e. The van der Waals surface area contributed by atoms with Gasteiger partial charge in [-0.15, -0.1) is 0 Å². The average molecular weight is 441 g/mol. The van der Waals surface area contributed by atoms with E-state index in [0.717, 1.165) is 36.2 Å². The van der Waals surface area contributed by atoms with Gasteiger partial charge < -0.3 is 15.0 Å². The molecule has 0 unspecified atom stereocenters.